The first kappa shape index (κ1) is 14.5. The van der Waals surface area contributed by atoms with Crippen LogP contribution in [0.2, 0.25) is 0 Å². The number of ether oxygens (including phenoxy) is 3. The topological polar surface area (TPSA) is 96.8 Å². The number of hydrogen-bond donors (Lipinski definition) is 2. The molecular weight excluding hydrogens is 272 g/mol. The number of nitrogen functional groups attached to an aromatic ring is 1. The van der Waals surface area contributed by atoms with E-state index in [1.165, 1.54) is 6.07 Å². The summed E-state index contributed by atoms with van der Waals surface area (Å²) < 4.78 is 16.0. The van der Waals surface area contributed by atoms with Gasteiger partial charge in [-0.15, -0.1) is 0 Å². The monoisotopic (exact) mass is 288 g/mol. The van der Waals surface area contributed by atoms with Crippen molar-refractivity contribution in [1.82, 2.24) is 0 Å². The third-order valence-corrected chi connectivity index (χ3v) is 2.85. The molecule has 2 aromatic carbocycles. The molecule has 6 heteroatoms. The van der Waals surface area contributed by atoms with Crippen molar-refractivity contribution in [2.24, 2.45) is 5.73 Å². The zero-order chi connectivity index (χ0) is 15.4. The lowest BCUT2D eigenvalue weighted by Gasteiger charge is -2.12. The second-order valence-corrected chi connectivity index (χ2v) is 4.27. The largest absolute Gasteiger partial charge is 0.496 e. The maximum absolute atomic E-state index is 11.1. The molecule has 0 spiro atoms. The van der Waals surface area contributed by atoms with Crippen LogP contribution in [0, 0.1) is 0 Å². The fourth-order valence-corrected chi connectivity index (χ4v) is 1.76. The molecule has 21 heavy (non-hydrogen) atoms. The lowest BCUT2D eigenvalue weighted by molar-refractivity contribution is 0.100. The van der Waals surface area contributed by atoms with E-state index in [2.05, 4.69) is 0 Å². The van der Waals surface area contributed by atoms with Gasteiger partial charge in [0.2, 0.25) is 5.91 Å². The number of nitrogens with two attached hydrogens (primary N) is 2. The number of methoxy groups -OCH3 is 2. The van der Waals surface area contributed by atoms with Crippen molar-refractivity contribution in [3.63, 3.8) is 0 Å². The first-order valence-corrected chi connectivity index (χ1v) is 6.13. The van der Waals surface area contributed by atoms with Gasteiger partial charge in [0.1, 0.15) is 23.0 Å². The van der Waals surface area contributed by atoms with E-state index in [4.69, 9.17) is 25.7 Å². The Labute approximate surface area is 122 Å². The molecule has 0 radical (unpaired) electrons. The van der Waals surface area contributed by atoms with Crippen LogP contribution in [0.3, 0.4) is 0 Å². The van der Waals surface area contributed by atoms with Gasteiger partial charge in [0.25, 0.3) is 0 Å². The van der Waals surface area contributed by atoms with Crippen LogP contribution in [0.5, 0.6) is 23.0 Å². The van der Waals surface area contributed by atoms with Crippen molar-refractivity contribution in [2.75, 3.05) is 20.0 Å². The third kappa shape index (κ3) is 3.36. The Bertz CT molecular complexity index is 648. The molecule has 0 saturated heterocycles. The van der Waals surface area contributed by atoms with Gasteiger partial charge >= 0.3 is 0 Å². The number of primary amides is 1. The Balaban J connectivity index is 2.31. The Kier molecular flexibility index (Phi) is 4.18. The lowest BCUT2D eigenvalue weighted by atomic mass is 10.2. The van der Waals surface area contributed by atoms with Gasteiger partial charge < -0.3 is 25.7 Å². The summed E-state index contributed by atoms with van der Waals surface area (Å²) in [5.74, 6) is 1.56. The summed E-state index contributed by atoms with van der Waals surface area (Å²) >= 11 is 0. The number of rotatable bonds is 5. The van der Waals surface area contributed by atoms with Gasteiger partial charge in [0.15, 0.2) is 0 Å². The van der Waals surface area contributed by atoms with Gasteiger partial charge in [-0.05, 0) is 18.2 Å². The fourth-order valence-electron chi connectivity index (χ4n) is 1.76. The summed E-state index contributed by atoms with van der Waals surface area (Å²) in [7, 11) is 3.10. The van der Waals surface area contributed by atoms with Crippen molar-refractivity contribution < 1.29 is 19.0 Å². The van der Waals surface area contributed by atoms with Crippen LogP contribution in [0.25, 0.3) is 0 Å². The van der Waals surface area contributed by atoms with Crippen LogP contribution in [-0.4, -0.2) is 20.1 Å². The number of carbonyl (C=O) groups is 1. The van der Waals surface area contributed by atoms with E-state index in [0.717, 1.165) is 0 Å². The Morgan fingerprint density at radius 1 is 0.952 bits per heavy atom. The van der Waals surface area contributed by atoms with Crippen LogP contribution in [0.1, 0.15) is 10.4 Å². The predicted octanol–water partition coefficient (Wildman–Crippen LogP) is 2.18. The average molecular weight is 288 g/mol. The average Bonchev–Trinajstić information content (AvgIpc) is 2.48. The van der Waals surface area contributed by atoms with Crippen LogP contribution < -0.4 is 25.7 Å². The minimum absolute atomic E-state index is 0.313. The third-order valence-electron chi connectivity index (χ3n) is 2.85. The molecule has 2 aromatic rings. The van der Waals surface area contributed by atoms with Crippen molar-refractivity contribution in [1.29, 1.82) is 0 Å². The smallest absolute Gasteiger partial charge is 0.248 e. The van der Waals surface area contributed by atoms with E-state index in [-0.39, 0.29) is 0 Å². The highest BCUT2D eigenvalue weighted by Crippen LogP contribution is 2.33. The van der Waals surface area contributed by atoms with E-state index < -0.39 is 5.91 Å². The quantitative estimate of drug-likeness (QED) is 0.822. The van der Waals surface area contributed by atoms with Crippen LogP contribution in [-0.2, 0) is 0 Å². The molecule has 0 bridgehead atoms. The summed E-state index contributed by atoms with van der Waals surface area (Å²) in [6, 6.07) is 9.72. The van der Waals surface area contributed by atoms with Crippen molar-refractivity contribution in [2.45, 2.75) is 0 Å². The first-order valence-electron chi connectivity index (χ1n) is 6.13. The first-order chi connectivity index (χ1) is 10.0. The van der Waals surface area contributed by atoms with Crippen molar-refractivity contribution in [3.8, 4) is 23.0 Å². The zero-order valence-corrected chi connectivity index (χ0v) is 11.8. The summed E-state index contributed by atoms with van der Waals surface area (Å²) in [5, 5.41) is 0. The molecule has 0 unspecified atom stereocenters. The summed E-state index contributed by atoms with van der Waals surface area (Å²) in [5.41, 5.74) is 11.7. The number of carbonyl (C=O) groups excluding carboxylic acids is 1. The van der Waals surface area contributed by atoms with Crippen LogP contribution in [0.4, 0.5) is 5.69 Å². The molecule has 0 aliphatic heterocycles. The molecule has 6 nitrogen and oxygen atoms in total. The summed E-state index contributed by atoms with van der Waals surface area (Å²) in [6.07, 6.45) is 0. The number of hydrogen-bond acceptors (Lipinski definition) is 5. The van der Waals surface area contributed by atoms with Gasteiger partial charge in [-0.1, -0.05) is 0 Å². The normalized spacial score (nSPS) is 10.0. The fraction of sp³-hybridized carbons (Fsp3) is 0.133. The molecule has 0 aliphatic carbocycles. The molecule has 0 saturated carbocycles. The molecule has 110 valence electrons. The second kappa shape index (κ2) is 6.04. The van der Waals surface area contributed by atoms with Crippen LogP contribution in [0.15, 0.2) is 36.4 Å². The Morgan fingerprint density at radius 3 is 2.00 bits per heavy atom. The van der Waals surface area contributed by atoms with Gasteiger partial charge in [-0.2, -0.15) is 0 Å². The van der Waals surface area contributed by atoms with Gasteiger partial charge in [-0.3, -0.25) is 4.79 Å². The number of benzene rings is 2. The van der Waals surface area contributed by atoms with Crippen molar-refractivity contribution in [3.05, 3.63) is 42.0 Å². The van der Waals surface area contributed by atoms with E-state index in [9.17, 15) is 4.79 Å². The molecule has 4 N–H and O–H groups in total. The zero-order valence-electron chi connectivity index (χ0n) is 11.8. The summed E-state index contributed by atoms with van der Waals surface area (Å²) in [6.45, 7) is 0. The maximum atomic E-state index is 11.1. The highest BCUT2D eigenvalue weighted by atomic mass is 16.5. The number of anilines is 1. The molecule has 1 amide bonds. The highest BCUT2D eigenvalue weighted by Gasteiger charge is 2.09. The standard InChI is InChI=1S/C15H16N2O4/c1-19-10-6-11(20-2)8-12(7-10)21-14-4-3-9(15(17)18)5-13(14)16/h3-8H,16H2,1-2H3,(H2,17,18). The molecule has 0 aromatic heterocycles. The molecule has 0 heterocycles. The molecule has 0 fully saturated rings. The minimum atomic E-state index is -0.545. The Hall–Kier alpha value is -2.89. The maximum Gasteiger partial charge on any atom is 0.248 e. The van der Waals surface area contributed by atoms with Gasteiger partial charge in [0, 0.05) is 23.8 Å². The van der Waals surface area contributed by atoms with Gasteiger partial charge in [-0.25, -0.2) is 0 Å². The molecule has 0 atom stereocenters. The van der Waals surface area contributed by atoms with E-state index in [1.54, 1.807) is 44.6 Å². The lowest BCUT2D eigenvalue weighted by Crippen LogP contribution is -2.11. The predicted molar refractivity (Wildman–Crippen MR) is 79.0 cm³/mol. The SMILES string of the molecule is COc1cc(OC)cc(Oc2ccc(C(N)=O)cc2N)c1. The van der Waals surface area contributed by atoms with E-state index in [1.807, 2.05) is 0 Å². The molecule has 2 rings (SSSR count). The molecule has 0 aliphatic rings. The minimum Gasteiger partial charge on any atom is -0.496 e. The second-order valence-electron chi connectivity index (χ2n) is 4.27. The Morgan fingerprint density at radius 2 is 1.52 bits per heavy atom. The molecular formula is C15H16N2O4. The van der Waals surface area contributed by atoms with Crippen LogP contribution >= 0.6 is 0 Å². The highest BCUT2D eigenvalue weighted by molar-refractivity contribution is 5.94. The number of amides is 1. The summed E-state index contributed by atoms with van der Waals surface area (Å²) in [4.78, 5) is 11.1. The van der Waals surface area contributed by atoms with Gasteiger partial charge in [0.05, 0.1) is 19.9 Å². The van der Waals surface area contributed by atoms with Crippen molar-refractivity contribution >= 4 is 11.6 Å². The van der Waals surface area contributed by atoms with E-state index >= 15 is 0 Å². The van der Waals surface area contributed by atoms with E-state index in [0.29, 0.717) is 34.2 Å².